The maximum atomic E-state index is 10.7. The molecule has 0 radical (unpaired) electrons. The summed E-state index contributed by atoms with van der Waals surface area (Å²) in [4.78, 5) is 14.7. The fourth-order valence-corrected chi connectivity index (χ4v) is 1.94. The number of rotatable bonds is 4. The zero-order chi connectivity index (χ0) is 12.7. The van der Waals surface area contributed by atoms with Gasteiger partial charge in [-0.25, -0.2) is 9.78 Å². The third kappa shape index (κ3) is 1.80. The van der Waals surface area contributed by atoms with Crippen LogP contribution in [0.4, 0.5) is 0 Å². The lowest BCUT2D eigenvalue weighted by Crippen LogP contribution is -2.06. The fraction of sp³-hybridized carbons (Fsp3) is 0.333. The van der Waals surface area contributed by atoms with E-state index < -0.39 is 12.1 Å². The van der Waals surface area contributed by atoms with Crippen LogP contribution in [0.1, 0.15) is 47.0 Å². The van der Waals surface area contributed by atoms with Crippen molar-refractivity contribution in [2.75, 3.05) is 0 Å². The minimum atomic E-state index is -1.15. The summed E-state index contributed by atoms with van der Waals surface area (Å²) in [6.45, 7) is 0. The molecule has 6 heteroatoms. The number of carbonyl (C=O) groups is 1. The van der Waals surface area contributed by atoms with E-state index in [4.69, 9.17) is 9.52 Å². The molecule has 0 bridgehead atoms. The van der Waals surface area contributed by atoms with E-state index in [-0.39, 0.29) is 11.5 Å². The van der Waals surface area contributed by atoms with Gasteiger partial charge in [0.2, 0.25) is 5.76 Å². The molecule has 0 aromatic carbocycles. The van der Waals surface area contributed by atoms with E-state index in [2.05, 4.69) is 4.98 Å². The molecule has 2 heterocycles. The number of furan rings is 1. The quantitative estimate of drug-likeness (QED) is 0.857. The number of aliphatic hydroxyl groups excluding tert-OH is 1. The largest absolute Gasteiger partial charge is 0.475 e. The van der Waals surface area contributed by atoms with E-state index in [1.807, 2.05) is 4.57 Å². The molecule has 0 amide bonds. The lowest BCUT2D eigenvalue weighted by Gasteiger charge is -2.10. The van der Waals surface area contributed by atoms with Crippen molar-refractivity contribution in [3.63, 3.8) is 0 Å². The van der Waals surface area contributed by atoms with Crippen molar-refractivity contribution < 1.29 is 19.4 Å². The highest BCUT2D eigenvalue weighted by Crippen LogP contribution is 2.38. The Morgan fingerprint density at radius 1 is 1.50 bits per heavy atom. The van der Waals surface area contributed by atoms with Crippen molar-refractivity contribution in [3.8, 4) is 0 Å². The van der Waals surface area contributed by atoms with Crippen molar-refractivity contribution >= 4 is 5.97 Å². The van der Waals surface area contributed by atoms with Crippen LogP contribution < -0.4 is 0 Å². The van der Waals surface area contributed by atoms with E-state index in [1.165, 1.54) is 12.1 Å². The monoisotopic (exact) mass is 248 g/mol. The second-order valence-corrected chi connectivity index (χ2v) is 4.37. The molecule has 1 unspecified atom stereocenters. The van der Waals surface area contributed by atoms with Gasteiger partial charge in [-0.2, -0.15) is 0 Å². The van der Waals surface area contributed by atoms with Crippen LogP contribution in [0.15, 0.2) is 29.1 Å². The number of imidazole rings is 1. The molecule has 1 aliphatic rings. The first-order chi connectivity index (χ1) is 8.66. The predicted octanol–water partition coefficient (Wildman–Crippen LogP) is 1.59. The van der Waals surface area contributed by atoms with Crippen molar-refractivity contribution in [2.45, 2.75) is 25.0 Å². The number of aromatic carboxylic acids is 1. The summed E-state index contributed by atoms with van der Waals surface area (Å²) >= 11 is 0. The third-order valence-electron chi connectivity index (χ3n) is 3.02. The number of carboxylic acid groups (broad SMARTS) is 1. The molecule has 1 fully saturated rings. The molecule has 2 N–H and O–H groups in total. The first-order valence-corrected chi connectivity index (χ1v) is 5.69. The zero-order valence-corrected chi connectivity index (χ0v) is 9.48. The SMILES string of the molecule is O=C(O)c1ccc(C(O)c2cncn2C2CC2)o1. The number of hydrogen-bond acceptors (Lipinski definition) is 4. The summed E-state index contributed by atoms with van der Waals surface area (Å²) in [5.41, 5.74) is 0.629. The van der Waals surface area contributed by atoms with Crippen LogP contribution in [-0.2, 0) is 0 Å². The molecule has 1 saturated carbocycles. The van der Waals surface area contributed by atoms with Gasteiger partial charge in [0.1, 0.15) is 5.76 Å². The second kappa shape index (κ2) is 3.99. The van der Waals surface area contributed by atoms with E-state index >= 15 is 0 Å². The van der Waals surface area contributed by atoms with Crippen molar-refractivity contribution in [1.29, 1.82) is 0 Å². The average molecular weight is 248 g/mol. The number of aliphatic hydroxyl groups is 1. The van der Waals surface area contributed by atoms with Crippen molar-refractivity contribution in [1.82, 2.24) is 9.55 Å². The third-order valence-corrected chi connectivity index (χ3v) is 3.02. The second-order valence-electron chi connectivity index (χ2n) is 4.37. The smallest absolute Gasteiger partial charge is 0.371 e. The highest BCUT2D eigenvalue weighted by molar-refractivity contribution is 5.84. The molecule has 0 spiro atoms. The van der Waals surface area contributed by atoms with E-state index in [0.717, 1.165) is 12.8 Å². The molecular weight excluding hydrogens is 236 g/mol. The molecule has 1 aliphatic carbocycles. The summed E-state index contributed by atoms with van der Waals surface area (Å²) in [5, 5.41) is 19.0. The maximum Gasteiger partial charge on any atom is 0.371 e. The molecule has 2 aromatic rings. The minimum absolute atomic E-state index is 0.179. The molecule has 18 heavy (non-hydrogen) atoms. The Morgan fingerprint density at radius 2 is 2.28 bits per heavy atom. The Kier molecular flexibility index (Phi) is 2.45. The molecule has 0 saturated heterocycles. The summed E-state index contributed by atoms with van der Waals surface area (Å²) in [7, 11) is 0. The Bertz CT molecular complexity index is 582. The molecule has 3 rings (SSSR count). The van der Waals surface area contributed by atoms with Gasteiger partial charge in [0, 0.05) is 6.04 Å². The fourth-order valence-electron chi connectivity index (χ4n) is 1.94. The van der Waals surface area contributed by atoms with E-state index in [1.54, 1.807) is 12.5 Å². The van der Waals surface area contributed by atoms with Gasteiger partial charge in [0.15, 0.2) is 6.10 Å². The topological polar surface area (TPSA) is 88.5 Å². The van der Waals surface area contributed by atoms with Gasteiger partial charge < -0.3 is 19.2 Å². The Balaban J connectivity index is 1.90. The Morgan fingerprint density at radius 3 is 2.89 bits per heavy atom. The molecule has 94 valence electrons. The van der Waals surface area contributed by atoms with Crippen LogP contribution in [0.2, 0.25) is 0 Å². The summed E-state index contributed by atoms with van der Waals surface area (Å²) in [6.07, 6.45) is 4.42. The first-order valence-electron chi connectivity index (χ1n) is 5.69. The summed E-state index contributed by atoms with van der Waals surface area (Å²) in [5.74, 6) is -1.11. The van der Waals surface area contributed by atoms with Crippen LogP contribution in [0.5, 0.6) is 0 Å². The summed E-state index contributed by atoms with van der Waals surface area (Å²) in [6, 6.07) is 3.20. The van der Waals surface area contributed by atoms with Gasteiger partial charge in [-0.3, -0.25) is 0 Å². The van der Waals surface area contributed by atoms with E-state index in [9.17, 15) is 9.90 Å². The Labute approximate surface area is 102 Å². The van der Waals surface area contributed by atoms with Crippen LogP contribution in [-0.4, -0.2) is 25.7 Å². The van der Waals surface area contributed by atoms with E-state index in [0.29, 0.717) is 11.7 Å². The maximum absolute atomic E-state index is 10.7. The average Bonchev–Trinajstić information content (AvgIpc) is 2.92. The summed E-state index contributed by atoms with van der Waals surface area (Å²) < 4.78 is 7.01. The minimum Gasteiger partial charge on any atom is -0.475 e. The predicted molar refractivity (Wildman–Crippen MR) is 60.2 cm³/mol. The highest BCUT2D eigenvalue weighted by atomic mass is 16.4. The number of carboxylic acids is 1. The molecule has 6 nitrogen and oxygen atoms in total. The Hall–Kier alpha value is -2.08. The lowest BCUT2D eigenvalue weighted by atomic mass is 10.2. The molecule has 2 aromatic heterocycles. The van der Waals surface area contributed by atoms with Crippen molar-refractivity contribution in [2.24, 2.45) is 0 Å². The van der Waals surface area contributed by atoms with Gasteiger partial charge in [-0.05, 0) is 25.0 Å². The lowest BCUT2D eigenvalue weighted by molar-refractivity contribution is 0.0654. The van der Waals surface area contributed by atoms with Crippen LogP contribution in [0.25, 0.3) is 0 Å². The standard InChI is InChI=1S/C12H12N2O4/c15-11(9-3-4-10(18-9)12(16)17)8-5-13-6-14(8)7-1-2-7/h3-7,11,15H,1-2H2,(H,16,17). The van der Waals surface area contributed by atoms with Gasteiger partial charge in [-0.1, -0.05) is 0 Å². The first kappa shape index (κ1) is 11.0. The number of hydrogen-bond donors (Lipinski definition) is 2. The van der Waals surface area contributed by atoms with Crippen LogP contribution in [0, 0.1) is 0 Å². The van der Waals surface area contributed by atoms with Crippen LogP contribution >= 0.6 is 0 Å². The molecular formula is C12H12N2O4. The van der Waals surface area contributed by atoms with Gasteiger partial charge in [0.05, 0.1) is 18.2 Å². The van der Waals surface area contributed by atoms with Gasteiger partial charge in [0.25, 0.3) is 0 Å². The van der Waals surface area contributed by atoms with Gasteiger partial charge in [-0.15, -0.1) is 0 Å². The zero-order valence-electron chi connectivity index (χ0n) is 9.48. The number of nitrogens with zero attached hydrogens (tertiary/aromatic N) is 2. The highest BCUT2D eigenvalue weighted by Gasteiger charge is 2.29. The van der Waals surface area contributed by atoms with Crippen LogP contribution in [0.3, 0.4) is 0 Å². The molecule has 1 atom stereocenters. The molecule has 0 aliphatic heterocycles. The normalized spacial score (nSPS) is 16.7. The number of aromatic nitrogens is 2. The van der Waals surface area contributed by atoms with Gasteiger partial charge >= 0.3 is 5.97 Å². The van der Waals surface area contributed by atoms with Crippen molar-refractivity contribution in [3.05, 3.63) is 41.9 Å².